The number of carbonyl (C=O) groups is 1. The number of guanidine groups is 1. The molecule has 0 spiro atoms. The number of halogens is 3. The van der Waals surface area contributed by atoms with Crippen molar-refractivity contribution in [3.05, 3.63) is 35.4 Å². The van der Waals surface area contributed by atoms with Crippen molar-refractivity contribution >= 4 is 12.1 Å². The fourth-order valence-electron chi connectivity index (χ4n) is 3.03. The number of aliphatic imine (C=N–C) groups is 1. The molecule has 168 valence electrons. The van der Waals surface area contributed by atoms with Crippen LogP contribution < -0.4 is 10.6 Å². The highest BCUT2D eigenvalue weighted by molar-refractivity contribution is 5.80. The first-order valence-electron chi connectivity index (χ1n) is 9.92. The van der Waals surface area contributed by atoms with Gasteiger partial charge < -0.3 is 25.0 Å². The highest BCUT2D eigenvalue weighted by atomic mass is 19.4. The molecule has 7 nitrogen and oxygen atoms in total. The Balaban J connectivity index is 1.72. The van der Waals surface area contributed by atoms with Gasteiger partial charge in [0.2, 0.25) is 0 Å². The largest absolute Gasteiger partial charge is 0.450 e. The molecule has 30 heavy (non-hydrogen) atoms. The lowest BCUT2D eigenvalue weighted by atomic mass is 10.1. The first kappa shape index (κ1) is 23.8. The van der Waals surface area contributed by atoms with Gasteiger partial charge in [-0.1, -0.05) is 24.3 Å². The molecule has 1 saturated heterocycles. The quantitative estimate of drug-likeness (QED) is 0.514. The molecule has 0 aromatic heterocycles. The van der Waals surface area contributed by atoms with Crippen molar-refractivity contribution in [3.8, 4) is 0 Å². The molecular formula is C20H29F3N4O3. The minimum absolute atomic E-state index is 0.0824. The topological polar surface area (TPSA) is 75.2 Å². The second kappa shape index (κ2) is 11.6. The Hall–Kier alpha value is -2.49. The number of nitrogens with one attached hydrogen (secondary N) is 2. The fourth-order valence-corrected chi connectivity index (χ4v) is 3.03. The third kappa shape index (κ3) is 8.48. The molecule has 1 heterocycles. The van der Waals surface area contributed by atoms with Crippen LogP contribution in [0.15, 0.2) is 29.3 Å². The van der Waals surface area contributed by atoms with Crippen LogP contribution in [0.4, 0.5) is 18.0 Å². The van der Waals surface area contributed by atoms with Crippen molar-refractivity contribution in [2.75, 3.05) is 33.4 Å². The van der Waals surface area contributed by atoms with Crippen molar-refractivity contribution in [2.45, 2.75) is 45.1 Å². The average Bonchev–Trinajstić information content (AvgIpc) is 2.72. The van der Waals surface area contributed by atoms with Gasteiger partial charge in [0.25, 0.3) is 0 Å². The molecule has 0 bridgehead atoms. The summed E-state index contributed by atoms with van der Waals surface area (Å²) in [6.07, 6.45) is -2.99. The Morgan fingerprint density at radius 2 is 1.83 bits per heavy atom. The van der Waals surface area contributed by atoms with Crippen LogP contribution in [0.5, 0.6) is 0 Å². The van der Waals surface area contributed by atoms with Gasteiger partial charge in [-0.15, -0.1) is 0 Å². The molecule has 0 atom stereocenters. The third-order valence-electron chi connectivity index (χ3n) is 4.60. The summed E-state index contributed by atoms with van der Waals surface area (Å²) in [5.41, 5.74) is 1.65. The molecule has 1 aromatic carbocycles. The normalized spacial score (nSPS) is 15.8. The maximum atomic E-state index is 12.1. The van der Waals surface area contributed by atoms with Crippen LogP contribution in [-0.2, 0) is 22.6 Å². The van der Waals surface area contributed by atoms with Gasteiger partial charge in [0.15, 0.2) is 5.96 Å². The van der Waals surface area contributed by atoms with Crippen LogP contribution in [-0.4, -0.2) is 62.5 Å². The lowest BCUT2D eigenvalue weighted by Crippen LogP contribution is -2.49. The molecule has 1 fully saturated rings. The number of amides is 1. The number of nitrogens with zero attached hydrogens (tertiary/aromatic N) is 2. The van der Waals surface area contributed by atoms with Crippen LogP contribution >= 0.6 is 0 Å². The van der Waals surface area contributed by atoms with Gasteiger partial charge in [0.05, 0.1) is 13.2 Å². The average molecular weight is 430 g/mol. The maximum absolute atomic E-state index is 12.1. The standard InChI is InChI=1S/C20H29F3N4O3/c1-3-30-19(28)27-10-8-17(9-11-27)26-18(24-2)25-12-15-4-6-16(7-5-15)13-29-14-20(21,22)23/h4-7,17H,3,8-14H2,1-2H3,(H2,24,25,26). The smallest absolute Gasteiger partial charge is 0.411 e. The number of rotatable bonds is 7. The molecule has 1 aromatic rings. The molecular weight excluding hydrogens is 401 g/mol. The molecule has 1 aliphatic rings. The molecule has 0 saturated carbocycles. The van der Waals surface area contributed by atoms with E-state index >= 15 is 0 Å². The van der Waals surface area contributed by atoms with Crippen LogP contribution in [0.3, 0.4) is 0 Å². The number of piperidine rings is 1. The number of carbonyl (C=O) groups excluding carboxylic acids is 1. The van der Waals surface area contributed by atoms with E-state index in [1.54, 1.807) is 31.0 Å². The highest BCUT2D eigenvalue weighted by Crippen LogP contribution is 2.16. The molecule has 1 aliphatic heterocycles. The fraction of sp³-hybridized carbons (Fsp3) is 0.600. The lowest BCUT2D eigenvalue weighted by Gasteiger charge is -2.32. The summed E-state index contributed by atoms with van der Waals surface area (Å²) in [4.78, 5) is 17.7. The molecule has 1 amide bonds. The van der Waals surface area contributed by atoms with Gasteiger partial charge in [-0.2, -0.15) is 13.2 Å². The minimum atomic E-state index is -4.32. The zero-order valence-corrected chi connectivity index (χ0v) is 17.3. The first-order valence-corrected chi connectivity index (χ1v) is 9.92. The number of ether oxygens (including phenoxy) is 2. The minimum Gasteiger partial charge on any atom is -0.450 e. The van der Waals surface area contributed by atoms with E-state index in [2.05, 4.69) is 20.4 Å². The molecule has 0 aliphatic carbocycles. The zero-order chi connectivity index (χ0) is 22.0. The van der Waals surface area contributed by atoms with Gasteiger partial charge >= 0.3 is 12.3 Å². The van der Waals surface area contributed by atoms with E-state index in [1.807, 2.05) is 12.1 Å². The monoisotopic (exact) mass is 430 g/mol. The Morgan fingerprint density at radius 1 is 1.20 bits per heavy atom. The second-order valence-corrected chi connectivity index (χ2v) is 6.95. The van der Waals surface area contributed by atoms with Crippen LogP contribution in [0.1, 0.15) is 30.9 Å². The summed E-state index contributed by atoms with van der Waals surface area (Å²) >= 11 is 0. The summed E-state index contributed by atoms with van der Waals surface area (Å²) in [6, 6.07) is 7.37. The molecule has 2 rings (SSSR count). The van der Waals surface area contributed by atoms with Gasteiger partial charge in [0, 0.05) is 32.7 Å². The van der Waals surface area contributed by atoms with Crippen molar-refractivity contribution in [2.24, 2.45) is 4.99 Å². The van der Waals surface area contributed by atoms with E-state index < -0.39 is 12.8 Å². The van der Waals surface area contributed by atoms with Gasteiger partial charge in [0.1, 0.15) is 6.61 Å². The number of alkyl halides is 3. The van der Waals surface area contributed by atoms with Gasteiger partial charge in [-0.05, 0) is 30.9 Å². The zero-order valence-electron chi connectivity index (χ0n) is 17.3. The Bertz CT molecular complexity index is 688. The SMILES string of the molecule is CCOC(=O)N1CCC(NC(=NC)NCc2ccc(COCC(F)(F)F)cc2)CC1. The van der Waals surface area contributed by atoms with E-state index in [0.717, 1.165) is 18.4 Å². The van der Waals surface area contributed by atoms with Crippen molar-refractivity contribution in [1.82, 2.24) is 15.5 Å². The molecule has 0 radical (unpaired) electrons. The highest BCUT2D eigenvalue weighted by Gasteiger charge is 2.27. The van der Waals surface area contributed by atoms with Crippen molar-refractivity contribution < 1.29 is 27.4 Å². The van der Waals surface area contributed by atoms with E-state index in [9.17, 15) is 18.0 Å². The lowest BCUT2D eigenvalue weighted by molar-refractivity contribution is -0.176. The van der Waals surface area contributed by atoms with E-state index in [4.69, 9.17) is 4.74 Å². The third-order valence-corrected chi connectivity index (χ3v) is 4.60. The summed E-state index contributed by atoms with van der Waals surface area (Å²) < 4.78 is 46.0. The number of hydrogen-bond acceptors (Lipinski definition) is 4. The Labute approximate surface area is 174 Å². The molecule has 10 heteroatoms. The van der Waals surface area contributed by atoms with Gasteiger partial charge in [-0.3, -0.25) is 4.99 Å². The summed E-state index contributed by atoms with van der Waals surface area (Å²) in [5, 5.41) is 6.58. The van der Waals surface area contributed by atoms with Crippen LogP contribution in [0.2, 0.25) is 0 Å². The summed E-state index contributed by atoms with van der Waals surface area (Å²) in [7, 11) is 1.68. The first-order chi connectivity index (χ1) is 14.3. The summed E-state index contributed by atoms with van der Waals surface area (Å²) in [5.74, 6) is 0.655. The number of benzene rings is 1. The number of hydrogen-bond donors (Lipinski definition) is 2. The van der Waals surface area contributed by atoms with Crippen molar-refractivity contribution in [3.63, 3.8) is 0 Å². The van der Waals surface area contributed by atoms with Crippen molar-refractivity contribution in [1.29, 1.82) is 0 Å². The Kier molecular flexibility index (Phi) is 9.22. The van der Waals surface area contributed by atoms with E-state index in [1.165, 1.54) is 0 Å². The molecule has 2 N–H and O–H groups in total. The van der Waals surface area contributed by atoms with Gasteiger partial charge in [-0.25, -0.2) is 4.79 Å². The number of likely N-dealkylation sites (tertiary alicyclic amines) is 1. The Morgan fingerprint density at radius 3 is 2.40 bits per heavy atom. The van der Waals surface area contributed by atoms with Crippen LogP contribution in [0.25, 0.3) is 0 Å². The predicted molar refractivity (Wildman–Crippen MR) is 107 cm³/mol. The van der Waals surface area contributed by atoms with E-state index in [0.29, 0.717) is 37.8 Å². The maximum Gasteiger partial charge on any atom is 0.411 e. The summed E-state index contributed by atoms with van der Waals surface area (Å²) in [6.45, 7) is 2.60. The van der Waals surface area contributed by atoms with Crippen LogP contribution in [0, 0.1) is 0 Å². The molecule has 0 unspecified atom stereocenters. The predicted octanol–water partition coefficient (Wildman–Crippen LogP) is 3.05. The second-order valence-electron chi connectivity index (χ2n) is 6.95. The van der Waals surface area contributed by atoms with E-state index in [-0.39, 0.29) is 18.7 Å².